The van der Waals surface area contributed by atoms with Gasteiger partial charge >= 0.3 is 0 Å². The van der Waals surface area contributed by atoms with E-state index in [4.69, 9.17) is 11.6 Å². The van der Waals surface area contributed by atoms with Crippen molar-refractivity contribution in [3.8, 4) is 0 Å². The van der Waals surface area contributed by atoms with Gasteiger partial charge in [-0.05, 0) is 74.4 Å². The van der Waals surface area contributed by atoms with Gasteiger partial charge < -0.3 is 5.32 Å². The van der Waals surface area contributed by atoms with Gasteiger partial charge in [-0.25, -0.2) is 0 Å². The van der Waals surface area contributed by atoms with Gasteiger partial charge in [0.2, 0.25) is 5.91 Å². The molecule has 29 heavy (non-hydrogen) atoms. The molecule has 1 N–H and O–H groups in total. The van der Waals surface area contributed by atoms with Crippen molar-refractivity contribution in [3.05, 3.63) is 62.2 Å². The van der Waals surface area contributed by atoms with E-state index in [9.17, 15) is 9.59 Å². The Balaban J connectivity index is 2.18. The van der Waals surface area contributed by atoms with Crippen molar-refractivity contribution >= 4 is 52.0 Å². The number of hydrogen-bond acceptors (Lipinski definition) is 6. The van der Waals surface area contributed by atoms with Crippen LogP contribution in [0.3, 0.4) is 0 Å². The number of rotatable bonds is 5. The van der Waals surface area contributed by atoms with E-state index in [0.29, 0.717) is 10.7 Å². The topological polar surface area (TPSA) is 75.2 Å². The molecule has 6 nitrogen and oxygen atoms in total. The number of amides is 2. The summed E-state index contributed by atoms with van der Waals surface area (Å²) >= 11 is 8.72. The number of nitrogens with one attached hydrogen (secondary N) is 1. The third-order valence-electron chi connectivity index (χ3n) is 4.04. The van der Waals surface area contributed by atoms with Gasteiger partial charge in [-0.3, -0.25) is 14.5 Å². The maximum atomic E-state index is 13.4. The number of thiophene rings is 1. The maximum Gasteiger partial charge on any atom is 0.280 e. The smallest absolute Gasteiger partial charge is 0.280 e. The quantitative estimate of drug-likeness (QED) is 0.604. The van der Waals surface area contributed by atoms with Crippen LogP contribution in [0.2, 0.25) is 5.02 Å². The molecular formula is C20H21ClN4O2S2. The van der Waals surface area contributed by atoms with Crippen LogP contribution in [0, 0.1) is 6.92 Å². The highest BCUT2D eigenvalue weighted by molar-refractivity contribution is 7.10. The lowest BCUT2D eigenvalue weighted by molar-refractivity contribution is -0.123. The highest BCUT2D eigenvalue weighted by atomic mass is 35.5. The molecule has 0 saturated carbocycles. The molecule has 0 aliphatic carbocycles. The summed E-state index contributed by atoms with van der Waals surface area (Å²) in [5.41, 5.74) is 1.15. The standard InChI is InChI=1S/C20H21ClN4O2S2/c1-12-8-9-28-17(12)16(18(26)22-20(2,3)4)25(14-7-5-6-13(21)10-14)19(27)15-11-29-24-23-15/h5-11,16H,1-4H3,(H,22,26)/t16-/m0/s1. The molecule has 0 aliphatic rings. The predicted octanol–water partition coefficient (Wildman–Crippen LogP) is 4.86. The predicted molar refractivity (Wildman–Crippen MR) is 118 cm³/mol. The zero-order valence-electron chi connectivity index (χ0n) is 16.5. The van der Waals surface area contributed by atoms with Crippen molar-refractivity contribution < 1.29 is 9.59 Å². The van der Waals surface area contributed by atoms with E-state index in [1.807, 2.05) is 39.1 Å². The molecule has 2 heterocycles. The van der Waals surface area contributed by atoms with Crippen molar-refractivity contribution in [2.45, 2.75) is 39.3 Å². The van der Waals surface area contributed by atoms with Crippen LogP contribution in [0.5, 0.6) is 0 Å². The van der Waals surface area contributed by atoms with Gasteiger partial charge in [0.25, 0.3) is 5.91 Å². The van der Waals surface area contributed by atoms with E-state index in [1.165, 1.54) is 16.2 Å². The summed E-state index contributed by atoms with van der Waals surface area (Å²) in [4.78, 5) is 29.1. The number of carbonyl (C=O) groups is 2. The van der Waals surface area contributed by atoms with Crippen molar-refractivity contribution in [1.82, 2.24) is 14.9 Å². The minimum absolute atomic E-state index is 0.178. The fourth-order valence-electron chi connectivity index (χ4n) is 2.85. The molecule has 0 saturated heterocycles. The van der Waals surface area contributed by atoms with Crippen LogP contribution < -0.4 is 10.2 Å². The number of aryl methyl sites for hydroxylation is 1. The van der Waals surface area contributed by atoms with Crippen LogP contribution >= 0.6 is 34.5 Å². The lowest BCUT2D eigenvalue weighted by Gasteiger charge is -2.33. The Morgan fingerprint density at radius 3 is 2.55 bits per heavy atom. The number of aromatic nitrogens is 2. The highest BCUT2D eigenvalue weighted by Gasteiger charge is 2.37. The Hall–Kier alpha value is -2.29. The third-order valence-corrected chi connectivity index (χ3v) is 5.85. The van der Waals surface area contributed by atoms with Crippen LogP contribution in [0.25, 0.3) is 0 Å². The molecular weight excluding hydrogens is 428 g/mol. The van der Waals surface area contributed by atoms with Gasteiger partial charge in [0, 0.05) is 26.5 Å². The van der Waals surface area contributed by atoms with E-state index in [2.05, 4.69) is 14.9 Å². The first-order valence-corrected chi connectivity index (χ1v) is 11.0. The van der Waals surface area contributed by atoms with Gasteiger partial charge in [0.05, 0.1) is 0 Å². The van der Waals surface area contributed by atoms with Gasteiger partial charge in [-0.15, -0.1) is 16.4 Å². The minimum atomic E-state index is -0.873. The number of benzene rings is 1. The summed E-state index contributed by atoms with van der Waals surface area (Å²) in [7, 11) is 0. The molecule has 0 unspecified atom stereocenters. The van der Waals surface area contributed by atoms with Crippen molar-refractivity contribution in [2.24, 2.45) is 0 Å². The molecule has 0 radical (unpaired) electrons. The van der Waals surface area contributed by atoms with E-state index in [1.54, 1.807) is 29.6 Å². The van der Waals surface area contributed by atoms with E-state index in [-0.39, 0.29) is 11.6 Å². The van der Waals surface area contributed by atoms with Crippen molar-refractivity contribution in [1.29, 1.82) is 0 Å². The first kappa shape index (κ1) is 21.4. The van der Waals surface area contributed by atoms with Crippen LogP contribution in [0.1, 0.15) is 47.7 Å². The molecule has 0 spiro atoms. The Bertz CT molecular complexity index is 1010. The molecule has 2 amide bonds. The average molecular weight is 449 g/mol. The zero-order chi connectivity index (χ0) is 21.2. The maximum absolute atomic E-state index is 13.4. The summed E-state index contributed by atoms with van der Waals surface area (Å²) in [6, 6.07) is 7.95. The third kappa shape index (κ3) is 5.01. The molecule has 0 bridgehead atoms. The van der Waals surface area contributed by atoms with Gasteiger partial charge in [-0.2, -0.15) is 0 Å². The summed E-state index contributed by atoms with van der Waals surface area (Å²) in [6.07, 6.45) is 0. The van der Waals surface area contributed by atoms with E-state index in [0.717, 1.165) is 22.0 Å². The second-order valence-electron chi connectivity index (χ2n) is 7.55. The molecule has 3 rings (SSSR count). The monoisotopic (exact) mass is 448 g/mol. The number of hydrogen-bond donors (Lipinski definition) is 1. The SMILES string of the molecule is Cc1ccsc1[C@@H](C(=O)NC(C)(C)C)N(C(=O)c1csnn1)c1cccc(Cl)c1. The summed E-state index contributed by atoms with van der Waals surface area (Å²) in [5.74, 6) is -0.692. The number of nitrogens with zero attached hydrogens (tertiary/aromatic N) is 3. The van der Waals surface area contributed by atoms with Crippen LogP contribution in [-0.2, 0) is 4.79 Å². The second-order valence-corrected chi connectivity index (χ2v) is 9.55. The van der Waals surface area contributed by atoms with Gasteiger partial charge in [0.1, 0.15) is 0 Å². The first-order chi connectivity index (χ1) is 13.7. The molecule has 1 aromatic carbocycles. The molecule has 152 valence electrons. The Kier molecular flexibility index (Phi) is 6.36. The van der Waals surface area contributed by atoms with Crippen molar-refractivity contribution in [3.63, 3.8) is 0 Å². The van der Waals surface area contributed by atoms with E-state index >= 15 is 0 Å². The van der Waals surface area contributed by atoms with Crippen LogP contribution in [0.4, 0.5) is 5.69 Å². The zero-order valence-corrected chi connectivity index (χ0v) is 18.9. The Labute approximate surface area is 182 Å². The summed E-state index contributed by atoms with van der Waals surface area (Å²) < 4.78 is 3.80. The minimum Gasteiger partial charge on any atom is -0.349 e. The fraction of sp³-hybridized carbons (Fsp3) is 0.300. The average Bonchev–Trinajstić information content (AvgIpc) is 3.29. The van der Waals surface area contributed by atoms with Gasteiger partial charge in [0.15, 0.2) is 11.7 Å². The summed E-state index contributed by atoms with van der Waals surface area (Å²) in [6.45, 7) is 7.63. The molecule has 1 atom stereocenters. The van der Waals surface area contributed by atoms with Crippen LogP contribution in [0.15, 0.2) is 41.1 Å². The molecule has 2 aromatic heterocycles. The first-order valence-electron chi connectivity index (χ1n) is 8.89. The molecule has 9 heteroatoms. The number of anilines is 1. The molecule has 3 aromatic rings. The lowest BCUT2D eigenvalue weighted by atomic mass is 10.0. The van der Waals surface area contributed by atoms with Crippen molar-refractivity contribution in [2.75, 3.05) is 4.90 Å². The lowest BCUT2D eigenvalue weighted by Crippen LogP contribution is -2.49. The molecule has 0 aliphatic heterocycles. The highest BCUT2D eigenvalue weighted by Crippen LogP contribution is 2.35. The number of halogens is 1. The van der Waals surface area contributed by atoms with Crippen LogP contribution in [-0.4, -0.2) is 26.9 Å². The van der Waals surface area contributed by atoms with E-state index < -0.39 is 17.5 Å². The number of carbonyl (C=O) groups excluding carboxylic acids is 2. The Morgan fingerprint density at radius 2 is 2.00 bits per heavy atom. The summed E-state index contributed by atoms with van der Waals surface area (Å²) in [5, 5.41) is 10.9. The second kappa shape index (κ2) is 8.61. The molecule has 0 fully saturated rings. The Morgan fingerprint density at radius 1 is 1.24 bits per heavy atom. The fourth-order valence-corrected chi connectivity index (χ4v) is 4.48. The normalized spacial score (nSPS) is 12.4. The largest absolute Gasteiger partial charge is 0.349 e. The van der Waals surface area contributed by atoms with Gasteiger partial charge in [-0.1, -0.05) is 22.2 Å².